The van der Waals surface area contributed by atoms with E-state index in [0.717, 1.165) is 19.1 Å². The Bertz CT molecular complexity index is 237. The van der Waals surface area contributed by atoms with Gasteiger partial charge in [0.05, 0.1) is 0 Å². The maximum absolute atomic E-state index is 5.35. The molecule has 0 bridgehead atoms. The molecule has 1 heterocycles. The van der Waals surface area contributed by atoms with Gasteiger partial charge in [-0.05, 0) is 30.7 Å². The Kier molecular flexibility index (Phi) is 2.98. The van der Waals surface area contributed by atoms with Crippen molar-refractivity contribution < 1.29 is 4.74 Å². The lowest BCUT2D eigenvalue weighted by Gasteiger charge is -2.06. The highest BCUT2D eigenvalue weighted by molar-refractivity contribution is 5.14. The van der Waals surface area contributed by atoms with Crippen LogP contribution < -0.4 is 0 Å². The summed E-state index contributed by atoms with van der Waals surface area (Å²) >= 11 is 0. The summed E-state index contributed by atoms with van der Waals surface area (Å²) in [5, 5.41) is 0. The Labute approximate surface area is 79.7 Å². The molecule has 2 rings (SSSR count). The lowest BCUT2D eigenvalue weighted by Crippen LogP contribution is -2.00. The molecule has 1 heteroatoms. The molecule has 0 aromatic heterocycles. The van der Waals surface area contributed by atoms with Crippen LogP contribution in [0.1, 0.15) is 18.4 Å². The molecule has 0 spiro atoms. The van der Waals surface area contributed by atoms with Gasteiger partial charge in [-0.1, -0.05) is 30.3 Å². The molecule has 1 unspecified atom stereocenters. The van der Waals surface area contributed by atoms with E-state index in [2.05, 4.69) is 30.3 Å². The van der Waals surface area contributed by atoms with Crippen LogP contribution >= 0.6 is 0 Å². The third kappa shape index (κ3) is 2.56. The summed E-state index contributed by atoms with van der Waals surface area (Å²) in [6, 6.07) is 10.7. The van der Waals surface area contributed by atoms with Gasteiger partial charge < -0.3 is 4.74 Å². The Hall–Kier alpha value is -0.820. The molecule has 1 aromatic rings. The summed E-state index contributed by atoms with van der Waals surface area (Å²) in [5.41, 5.74) is 1.45. The van der Waals surface area contributed by atoms with Gasteiger partial charge in [-0.2, -0.15) is 0 Å². The Balaban J connectivity index is 1.79. The zero-order chi connectivity index (χ0) is 8.93. The Morgan fingerprint density at radius 3 is 2.77 bits per heavy atom. The van der Waals surface area contributed by atoms with Crippen molar-refractivity contribution in [3.05, 3.63) is 35.9 Å². The number of hydrogen-bond acceptors (Lipinski definition) is 1. The van der Waals surface area contributed by atoms with Gasteiger partial charge in [-0.3, -0.25) is 0 Å². The van der Waals surface area contributed by atoms with Crippen LogP contribution in [0.5, 0.6) is 0 Å². The average molecular weight is 176 g/mol. The van der Waals surface area contributed by atoms with E-state index < -0.39 is 0 Å². The van der Waals surface area contributed by atoms with Crippen LogP contribution in [0, 0.1) is 5.92 Å². The standard InChI is InChI=1S/C12H16O/c1-2-4-11(5-3-1)6-7-12-8-9-13-10-12/h1-5,12H,6-10H2. The first-order valence-corrected chi connectivity index (χ1v) is 5.07. The Morgan fingerprint density at radius 1 is 1.23 bits per heavy atom. The lowest BCUT2D eigenvalue weighted by molar-refractivity contribution is 0.184. The van der Waals surface area contributed by atoms with Crippen molar-refractivity contribution in [2.24, 2.45) is 5.92 Å². The van der Waals surface area contributed by atoms with Gasteiger partial charge in [-0.15, -0.1) is 0 Å². The zero-order valence-corrected chi connectivity index (χ0v) is 7.91. The molecule has 1 nitrogen and oxygen atoms in total. The fraction of sp³-hybridized carbons (Fsp3) is 0.500. The summed E-state index contributed by atoms with van der Waals surface area (Å²) in [4.78, 5) is 0. The first-order chi connectivity index (χ1) is 6.45. The minimum absolute atomic E-state index is 0.806. The minimum atomic E-state index is 0.806. The van der Waals surface area contributed by atoms with E-state index in [1.807, 2.05) is 0 Å². The van der Waals surface area contributed by atoms with Crippen LogP contribution in [0.15, 0.2) is 30.3 Å². The molecule has 1 fully saturated rings. The molecule has 1 saturated heterocycles. The second kappa shape index (κ2) is 4.43. The number of benzene rings is 1. The van der Waals surface area contributed by atoms with E-state index in [-0.39, 0.29) is 0 Å². The molecule has 70 valence electrons. The molecule has 1 aliphatic heterocycles. The first kappa shape index (κ1) is 8.76. The van der Waals surface area contributed by atoms with E-state index >= 15 is 0 Å². The van der Waals surface area contributed by atoms with Crippen molar-refractivity contribution in [2.45, 2.75) is 19.3 Å². The first-order valence-electron chi connectivity index (χ1n) is 5.07. The number of aryl methyl sites for hydroxylation is 1. The van der Waals surface area contributed by atoms with Gasteiger partial charge in [0.25, 0.3) is 0 Å². The molecule has 0 radical (unpaired) electrons. The number of hydrogen-bond donors (Lipinski definition) is 0. The summed E-state index contributed by atoms with van der Waals surface area (Å²) < 4.78 is 5.35. The molecular formula is C12H16O. The quantitative estimate of drug-likeness (QED) is 0.688. The van der Waals surface area contributed by atoms with Crippen LogP contribution in [0.4, 0.5) is 0 Å². The molecule has 0 saturated carbocycles. The normalized spacial score (nSPS) is 22.0. The molecular weight excluding hydrogens is 160 g/mol. The predicted molar refractivity (Wildman–Crippen MR) is 53.7 cm³/mol. The highest BCUT2D eigenvalue weighted by atomic mass is 16.5. The molecule has 0 N–H and O–H groups in total. The molecule has 1 aliphatic rings. The van der Waals surface area contributed by atoms with Crippen molar-refractivity contribution in [1.82, 2.24) is 0 Å². The second-order valence-electron chi connectivity index (χ2n) is 3.75. The van der Waals surface area contributed by atoms with Crippen LogP contribution in [-0.2, 0) is 11.2 Å². The molecule has 0 amide bonds. The van der Waals surface area contributed by atoms with Gasteiger partial charge in [0.1, 0.15) is 0 Å². The van der Waals surface area contributed by atoms with Gasteiger partial charge in [0.2, 0.25) is 0 Å². The van der Waals surface area contributed by atoms with E-state index in [1.54, 1.807) is 0 Å². The summed E-state index contributed by atoms with van der Waals surface area (Å²) in [7, 11) is 0. The van der Waals surface area contributed by atoms with Crippen molar-refractivity contribution >= 4 is 0 Å². The minimum Gasteiger partial charge on any atom is -0.381 e. The van der Waals surface area contributed by atoms with Gasteiger partial charge in [0.15, 0.2) is 0 Å². The third-order valence-electron chi connectivity index (χ3n) is 2.71. The maximum Gasteiger partial charge on any atom is 0.0495 e. The average Bonchev–Trinajstić information content (AvgIpc) is 2.69. The third-order valence-corrected chi connectivity index (χ3v) is 2.71. The predicted octanol–water partition coefficient (Wildman–Crippen LogP) is 2.66. The van der Waals surface area contributed by atoms with Crippen LogP contribution in [0.25, 0.3) is 0 Å². The van der Waals surface area contributed by atoms with Crippen LogP contribution in [0.3, 0.4) is 0 Å². The van der Waals surface area contributed by atoms with E-state index in [0.29, 0.717) is 0 Å². The van der Waals surface area contributed by atoms with Crippen LogP contribution in [0.2, 0.25) is 0 Å². The molecule has 13 heavy (non-hydrogen) atoms. The summed E-state index contributed by atoms with van der Waals surface area (Å²) in [6.07, 6.45) is 3.74. The molecule has 1 atom stereocenters. The monoisotopic (exact) mass is 176 g/mol. The molecule has 1 aromatic carbocycles. The highest BCUT2D eigenvalue weighted by Gasteiger charge is 2.14. The fourth-order valence-corrected chi connectivity index (χ4v) is 1.83. The van der Waals surface area contributed by atoms with Gasteiger partial charge in [-0.25, -0.2) is 0 Å². The smallest absolute Gasteiger partial charge is 0.0495 e. The van der Waals surface area contributed by atoms with Crippen molar-refractivity contribution in [3.63, 3.8) is 0 Å². The van der Waals surface area contributed by atoms with E-state index in [1.165, 1.54) is 24.8 Å². The van der Waals surface area contributed by atoms with Crippen LogP contribution in [-0.4, -0.2) is 13.2 Å². The number of rotatable bonds is 3. The maximum atomic E-state index is 5.35. The summed E-state index contributed by atoms with van der Waals surface area (Å²) in [5.74, 6) is 0.806. The zero-order valence-electron chi connectivity index (χ0n) is 7.91. The van der Waals surface area contributed by atoms with E-state index in [9.17, 15) is 0 Å². The van der Waals surface area contributed by atoms with Gasteiger partial charge >= 0.3 is 0 Å². The van der Waals surface area contributed by atoms with Crippen molar-refractivity contribution in [1.29, 1.82) is 0 Å². The summed E-state index contributed by atoms with van der Waals surface area (Å²) in [6.45, 7) is 1.95. The SMILES string of the molecule is c1ccc(CCC2CCOC2)cc1. The number of ether oxygens (including phenoxy) is 1. The topological polar surface area (TPSA) is 9.23 Å². The molecule has 0 aliphatic carbocycles. The van der Waals surface area contributed by atoms with Gasteiger partial charge in [0, 0.05) is 13.2 Å². The largest absolute Gasteiger partial charge is 0.381 e. The van der Waals surface area contributed by atoms with E-state index in [4.69, 9.17) is 4.74 Å². The fourth-order valence-electron chi connectivity index (χ4n) is 1.83. The second-order valence-corrected chi connectivity index (χ2v) is 3.75. The lowest BCUT2D eigenvalue weighted by atomic mass is 9.99. The Morgan fingerprint density at radius 2 is 2.08 bits per heavy atom. The van der Waals surface area contributed by atoms with Crippen molar-refractivity contribution in [3.8, 4) is 0 Å². The van der Waals surface area contributed by atoms with Crippen molar-refractivity contribution in [2.75, 3.05) is 13.2 Å². The highest BCUT2D eigenvalue weighted by Crippen LogP contribution is 2.18.